The summed E-state index contributed by atoms with van der Waals surface area (Å²) in [4.78, 5) is 29.0. The summed E-state index contributed by atoms with van der Waals surface area (Å²) in [5.41, 5.74) is 0.876. The number of hydrogen-bond acceptors (Lipinski definition) is 3. The SMILES string of the molecule is CCC(C(=O)N1CCN(CC(=O)NC(C)(C)C)CC1)c1ccccc1. The fourth-order valence-corrected chi connectivity index (χ4v) is 3.25. The molecule has 0 aliphatic carbocycles. The van der Waals surface area contributed by atoms with Crippen molar-refractivity contribution in [3.05, 3.63) is 35.9 Å². The average Bonchev–Trinajstić information content (AvgIpc) is 2.55. The van der Waals surface area contributed by atoms with E-state index < -0.39 is 0 Å². The first-order chi connectivity index (χ1) is 11.8. The van der Waals surface area contributed by atoms with Gasteiger partial charge in [0.05, 0.1) is 12.5 Å². The Morgan fingerprint density at radius 3 is 2.20 bits per heavy atom. The average molecular weight is 345 g/mol. The second kappa shape index (κ2) is 8.48. The number of amides is 2. The third-order valence-corrected chi connectivity index (χ3v) is 4.47. The van der Waals surface area contributed by atoms with Gasteiger partial charge in [-0.2, -0.15) is 0 Å². The number of benzene rings is 1. The van der Waals surface area contributed by atoms with Crippen molar-refractivity contribution in [3.8, 4) is 0 Å². The molecule has 1 atom stereocenters. The van der Waals surface area contributed by atoms with Crippen molar-refractivity contribution >= 4 is 11.8 Å². The summed E-state index contributed by atoms with van der Waals surface area (Å²) in [6.07, 6.45) is 0.803. The minimum Gasteiger partial charge on any atom is -0.350 e. The highest BCUT2D eigenvalue weighted by atomic mass is 16.2. The van der Waals surface area contributed by atoms with Crippen LogP contribution in [0.3, 0.4) is 0 Å². The Morgan fingerprint density at radius 1 is 1.08 bits per heavy atom. The Bertz CT molecular complexity index is 572. The lowest BCUT2D eigenvalue weighted by Gasteiger charge is -2.36. The third kappa shape index (κ3) is 5.85. The van der Waals surface area contributed by atoms with E-state index in [4.69, 9.17) is 0 Å². The van der Waals surface area contributed by atoms with Gasteiger partial charge in [-0.1, -0.05) is 37.3 Å². The molecule has 2 amide bonds. The van der Waals surface area contributed by atoms with E-state index in [2.05, 4.69) is 17.1 Å². The highest BCUT2D eigenvalue weighted by Gasteiger charge is 2.28. The number of carbonyl (C=O) groups excluding carboxylic acids is 2. The van der Waals surface area contributed by atoms with Crippen molar-refractivity contribution in [3.63, 3.8) is 0 Å². The molecule has 1 unspecified atom stereocenters. The summed E-state index contributed by atoms with van der Waals surface area (Å²) in [5, 5.41) is 2.99. The minimum atomic E-state index is -0.209. The molecule has 25 heavy (non-hydrogen) atoms. The van der Waals surface area contributed by atoms with Crippen LogP contribution in [-0.2, 0) is 9.59 Å². The van der Waals surface area contributed by atoms with Gasteiger partial charge < -0.3 is 10.2 Å². The molecule has 0 bridgehead atoms. The first-order valence-electron chi connectivity index (χ1n) is 9.17. The van der Waals surface area contributed by atoms with Crippen molar-refractivity contribution < 1.29 is 9.59 Å². The second-order valence-electron chi connectivity index (χ2n) is 7.77. The Labute approximate surface area is 151 Å². The number of rotatable bonds is 5. The van der Waals surface area contributed by atoms with Gasteiger partial charge in [0, 0.05) is 31.7 Å². The van der Waals surface area contributed by atoms with E-state index in [1.165, 1.54) is 0 Å². The number of piperazine rings is 1. The van der Waals surface area contributed by atoms with E-state index in [1.807, 2.05) is 56.0 Å². The summed E-state index contributed by atoms with van der Waals surface area (Å²) in [6.45, 7) is 11.3. The summed E-state index contributed by atoms with van der Waals surface area (Å²) in [5.74, 6) is 0.174. The Hall–Kier alpha value is -1.88. The van der Waals surface area contributed by atoms with E-state index in [0.717, 1.165) is 25.1 Å². The summed E-state index contributed by atoms with van der Waals surface area (Å²) >= 11 is 0. The van der Waals surface area contributed by atoms with Crippen LogP contribution in [0.4, 0.5) is 0 Å². The molecule has 2 rings (SSSR count). The van der Waals surface area contributed by atoms with Crippen LogP contribution in [0, 0.1) is 0 Å². The largest absolute Gasteiger partial charge is 0.350 e. The molecule has 1 heterocycles. The summed E-state index contributed by atoms with van der Waals surface area (Å²) in [7, 11) is 0. The van der Waals surface area contributed by atoms with Crippen LogP contribution in [0.15, 0.2) is 30.3 Å². The zero-order valence-electron chi connectivity index (χ0n) is 15.9. The van der Waals surface area contributed by atoms with Gasteiger partial charge in [0.15, 0.2) is 0 Å². The molecular weight excluding hydrogens is 314 g/mol. The van der Waals surface area contributed by atoms with Crippen molar-refractivity contribution in [2.24, 2.45) is 0 Å². The molecule has 138 valence electrons. The maximum absolute atomic E-state index is 12.9. The zero-order chi connectivity index (χ0) is 18.4. The molecule has 1 aromatic rings. The van der Waals surface area contributed by atoms with Crippen molar-refractivity contribution in [1.82, 2.24) is 15.1 Å². The third-order valence-electron chi connectivity index (χ3n) is 4.47. The van der Waals surface area contributed by atoms with Crippen LogP contribution in [0.25, 0.3) is 0 Å². The summed E-state index contributed by atoms with van der Waals surface area (Å²) < 4.78 is 0. The van der Waals surface area contributed by atoms with Gasteiger partial charge >= 0.3 is 0 Å². The molecule has 0 saturated carbocycles. The predicted octanol–water partition coefficient (Wildman–Crippen LogP) is 2.24. The van der Waals surface area contributed by atoms with E-state index in [-0.39, 0.29) is 23.3 Å². The lowest BCUT2D eigenvalue weighted by atomic mass is 9.95. The topological polar surface area (TPSA) is 52.7 Å². The minimum absolute atomic E-state index is 0.0444. The van der Waals surface area contributed by atoms with Crippen LogP contribution >= 0.6 is 0 Å². The Morgan fingerprint density at radius 2 is 1.68 bits per heavy atom. The van der Waals surface area contributed by atoms with Crippen molar-refractivity contribution in [2.75, 3.05) is 32.7 Å². The van der Waals surface area contributed by atoms with Crippen molar-refractivity contribution in [1.29, 1.82) is 0 Å². The lowest BCUT2D eigenvalue weighted by Crippen LogP contribution is -2.53. The number of nitrogens with one attached hydrogen (secondary N) is 1. The Kier molecular flexibility index (Phi) is 6.59. The van der Waals surface area contributed by atoms with Gasteiger partial charge in [0.1, 0.15) is 0 Å². The fraction of sp³-hybridized carbons (Fsp3) is 0.600. The smallest absolute Gasteiger partial charge is 0.234 e. The first-order valence-corrected chi connectivity index (χ1v) is 9.17. The van der Waals surface area contributed by atoms with E-state index >= 15 is 0 Å². The molecule has 5 heteroatoms. The maximum atomic E-state index is 12.9. The fourth-order valence-electron chi connectivity index (χ4n) is 3.25. The summed E-state index contributed by atoms with van der Waals surface area (Å²) in [6, 6.07) is 9.99. The molecule has 0 aromatic heterocycles. The second-order valence-corrected chi connectivity index (χ2v) is 7.77. The highest BCUT2D eigenvalue weighted by molar-refractivity contribution is 5.84. The van der Waals surface area contributed by atoms with E-state index in [0.29, 0.717) is 19.6 Å². The standard InChI is InChI=1S/C20H31N3O2/c1-5-17(16-9-7-6-8-10-16)19(25)23-13-11-22(12-14-23)15-18(24)21-20(2,3)4/h6-10,17H,5,11-15H2,1-4H3,(H,21,24). The van der Waals surface area contributed by atoms with Gasteiger partial charge in [-0.05, 0) is 32.8 Å². The van der Waals surface area contributed by atoms with E-state index in [1.54, 1.807) is 0 Å². The zero-order valence-corrected chi connectivity index (χ0v) is 15.9. The maximum Gasteiger partial charge on any atom is 0.234 e. The predicted molar refractivity (Wildman–Crippen MR) is 100 cm³/mol. The lowest BCUT2D eigenvalue weighted by molar-refractivity contribution is -0.135. The van der Waals surface area contributed by atoms with Crippen LogP contribution in [0.2, 0.25) is 0 Å². The van der Waals surface area contributed by atoms with Crippen molar-refractivity contribution in [2.45, 2.75) is 45.6 Å². The number of hydrogen-bond donors (Lipinski definition) is 1. The molecule has 1 aliphatic rings. The molecule has 1 aromatic carbocycles. The number of nitrogens with zero attached hydrogens (tertiary/aromatic N) is 2. The molecule has 0 radical (unpaired) electrons. The molecular formula is C20H31N3O2. The molecule has 1 saturated heterocycles. The van der Waals surface area contributed by atoms with Gasteiger partial charge in [0.25, 0.3) is 0 Å². The highest BCUT2D eigenvalue weighted by Crippen LogP contribution is 2.22. The first kappa shape index (κ1) is 19.4. The van der Waals surface area contributed by atoms with Crippen LogP contribution in [0.1, 0.15) is 45.6 Å². The molecule has 1 aliphatic heterocycles. The Balaban J connectivity index is 1.86. The van der Waals surface area contributed by atoms with Crippen LogP contribution < -0.4 is 5.32 Å². The quantitative estimate of drug-likeness (QED) is 0.890. The van der Waals surface area contributed by atoms with Crippen LogP contribution in [-0.4, -0.2) is 59.9 Å². The normalized spacial score (nSPS) is 17.2. The van der Waals surface area contributed by atoms with Gasteiger partial charge in [-0.3, -0.25) is 14.5 Å². The van der Waals surface area contributed by atoms with Gasteiger partial charge in [-0.15, -0.1) is 0 Å². The molecule has 1 N–H and O–H groups in total. The molecule has 0 spiro atoms. The van der Waals surface area contributed by atoms with Gasteiger partial charge in [0.2, 0.25) is 11.8 Å². The van der Waals surface area contributed by atoms with E-state index in [9.17, 15) is 9.59 Å². The van der Waals surface area contributed by atoms with Crippen LogP contribution in [0.5, 0.6) is 0 Å². The molecule has 5 nitrogen and oxygen atoms in total. The number of carbonyl (C=O) groups is 2. The monoisotopic (exact) mass is 345 g/mol. The van der Waals surface area contributed by atoms with Gasteiger partial charge in [-0.25, -0.2) is 0 Å². The molecule has 1 fully saturated rings.